The van der Waals surface area contributed by atoms with Crippen molar-refractivity contribution in [3.05, 3.63) is 29.8 Å². The molecule has 5 heteroatoms. The van der Waals surface area contributed by atoms with Crippen molar-refractivity contribution < 1.29 is 9.59 Å². The number of nitrogens with one attached hydrogen (secondary N) is 1. The number of nitrogens with zero attached hydrogens (tertiary/aromatic N) is 2. The van der Waals surface area contributed by atoms with Gasteiger partial charge in [-0.05, 0) is 53.8 Å². The van der Waals surface area contributed by atoms with Gasteiger partial charge in [-0.25, -0.2) is 0 Å². The number of benzene rings is 1. The Hall–Kier alpha value is -1.88. The average molecular weight is 319 g/mol. The van der Waals surface area contributed by atoms with Crippen LogP contribution in [0.4, 0.5) is 5.69 Å². The fourth-order valence-electron chi connectivity index (χ4n) is 2.62. The van der Waals surface area contributed by atoms with Gasteiger partial charge in [0.15, 0.2) is 0 Å². The SMILES string of the molecule is Cc1ccc(NC(=O)CN(C)CC(=O)N(C(C)C)C(C)C)cc1. The van der Waals surface area contributed by atoms with Crippen molar-refractivity contribution >= 4 is 17.5 Å². The lowest BCUT2D eigenvalue weighted by molar-refractivity contribution is -0.135. The summed E-state index contributed by atoms with van der Waals surface area (Å²) in [6, 6.07) is 7.95. The first-order valence-corrected chi connectivity index (χ1v) is 8.07. The lowest BCUT2D eigenvalue weighted by Gasteiger charge is -2.32. The van der Waals surface area contributed by atoms with E-state index in [4.69, 9.17) is 0 Å². The third kappa shape index (κ3) is 6.40. The molecule has 0 aromatic heterocycles. The molecular formula is C18H29N3O2. The summed E-state index contributed by atoms with van der Waals surface area (Å²) in [5.74, 6) is -0.0783. The maximum absolute atomic E-state index is 12.4. The van der Waals surface area contributed by atoms with E-state index in [9.17, 15) is 9.59 Å². The molecule has 2 amide bonds. The summed E-state index contributed by atoms with van der Waals surface area (Å²) in [7, 11) is 1.78. The van der Waals surface area contributed by atoms with Gasteiger partial charge in [-0.15, -0.1) is 0 Å². The van der Waals surface area contributed by atoms with Crippen LogP contribution in [0.15, 0.2) is 24.3 Å². The zero-order valence-electron chi connectivity index (χ0n) is 15.1. The summed E-state index contributed by atoms with van der Waals surface area (Å²) in [6.07, 6.45) is 0. The number of likely N-dealkylation sites (N-methyl/N-ethyl adjacent to an activating group) is 1. The lowest BCUT2D eigenvalue weighted by Crippen LogP contribution is -2.47. The number of anilines is 1. The summed E-state index contributed by atoms with van der Waals surface area (Å²) in [4.78, 5) is 28.0. The van der Waals surface area contributed by atoms with E-state index >= 15 is 0 Å². The monoisotopic (exact) mass is 319 g/mol. The number of carbonyl (C=O) groups excluding carboxylic acids is 2. The van der Waals surface area contributed by atoms with Gasteiger partial charge >= 0.3 is 0 Å². The molecular weight excluding hydrogens is 290 g/mol. The molecule has 1 aromatic carbocycles. The average Bonchev–Trinajstić information content (AvgIpc) is 2.39. The minimum atomic E-state index is -0.121. The topological polar surface area (TPSA) is 52.7 Å². The van der Waals surface area contributed by atoms with E-state index in [0.29, 0.717) is 0 Å². The highest BCUT2D eigenvalue weighted by atomic mass is 16.2. The summed E-state index contributed by atoms with van der Waals surface area (Å²) in [6.45, 7) is 10.4. The quantitative estimate of drug-likeness (QED) is 0.840. The Kier molecular flexibility index (Phi) is 7.23. The molecule has 0 spiro atoms. The number of hydrogen-bond acceptors (Lipinski definition) is 3. The first-order chi connectivity index (χ1) is 10.7. The Labute approximate surface area is 139 Å². The molecule has 0 radical (unpaired) electrons. The van der Waals surface area contributed by atoms with Crippen LogP contribution < -0.4 is 5.32 Å². The van der Waals surface area contributed by atoms with Crippen LogP contribution in [0, 0.1) is 6.92 Å². The minimum Gasteiger partial charge on any atom is -0.337 e. The standard InChI is InChI=1S/C18H29N3O2/c1-13(2)21(14(3)4)18(23)12-20(6)11-17(22)19-16-9-7-15(5)8-10-16/h7-10,13-14H,11-12H2,1-6H3,(H,19,22). The summed E-state index contributed by atoms with van der Waals surface area (Å²) >= 11 is 0. The van der Waals surface area contributed by atoms with Crippen LogP contribution >= 0.6 is 0 Å². The second-order valence-electron chi connectivity index (χ2n) is 6.57. The zero-order chi connectivity index (χ0) is 17.6. The predicted molar refractivity (Wildman–Crippen MR) is 94.4 cm³/mol. The van der Waals surface area contributed by atoms with Crippen molar-refractivity contribution in [1.29, 1.82) is 0 Å². The van der Waals surface area contributed by atoms with Crippen LogP contribution in [-0.2, 0) is 9.59 Å². The first kappa shape index (κ1) is 19.2. The Morgan fingerprint density at radius 2 is 1.52 bits per heavy atom. The van der Waals surface area contributed by atoms with E-state index in [1.807, 2.05) is 63.8 Å². The molecule has 5 nitrogen and oxygen atoms in total. The molecule has 0 unspecified atom stereocenters. The van der Waals surface area contributed by atoms with Crippen LogP contribution in [0.3, 0.4) is 0 Å². The third-order valence-corrected chi connectivity index (χ3v) is 3.55. The number of aryl methyl sites for hydroxylation is 1. The number of hydrogen-bond donors (Lipinski definition) is 1. The molecule has 0 atom stereocenters. The summed E-state index contributed by atoms with van der Waals surface area (Å²) < 4.78 is 0. The lowest BCUT2D eigenvalue weighted by atomic mass is 10.2. The molecule has 0 aliphatic heterocycles. The van der Waals surface area contributed by atoms with Gasteiger partial charge in [-0.2, -0.15) is 0 Å². The second kappa shape index (κ2) is 8.67. The van der Waals surface area contributed by atoms with Crippen LogP contribution in [0.2, 0.25) is 0 Å². The largest absolute Gasteiger partial charge is 0.337 e. The maximum atomic E-state index is 12.4. The minimum absolute atomic E-state index is 0.0423. The Morgan fingerprint density at radius 1 is 1.00 bits per heavy atom. The fourth-order valence-corrected chi connectivity index (χ4v) is 2.62. The number of amides is 2. The van der Waals surface area contributed by atoms with E-state index < -0.39 is 0 Å². The second-order valence-corrected chi connectivity index (χ2v) is 6.57. The smallest absolute Gasteiger partial charge is 0.238 e. The van der Waals surface area contributed by atoms with E-state index in [1.165, 1.54) is 0 Å². The van der Waals surface area contributed by atoms with Gasteiger partial charge in [-0.1, -0.05) is 17.7 Å². The van der Waals surface area contributed by atoms with E-state index in [2.05, 4.69) is 5.32 Å². The van der Waals surface area contributed by atoms with Gasteiger partial charge in [0.2, 0.25) is 11.8 Å². The normalized spacial score (nSPS) is 11.2. The highest BCUT2D eigenvalue weighted by Gasteiger charge is 2.21. The molecule has 0 bridgehead atoms. The van der Waals surface area contributed by atoms with E-state index in [1.54, 1.807) is 11.9 Å². The summed E-state index contributed by atoms with van der Waals surface area (Å²) in [5.41, 5.74) is 1.92. The van der Waals surface area contributed by atoms with Gasteiger partial charge in [0, 0.05) is 17.8 Å². The van der Waals surface area contributed by atoms with Crippen LogP contribution in [0.5, 0.6) is 0 Å². The molecule has 0 saturated carbocycles. The molecule has 128 valence electrons. The molecule has 0 heterocycles. The molecule has 0 fully saturated rings. The van der Waals surface area contributed by atoms with E-state index in [0.717, 1.165) is 11.3 Å². The molecule has 0 aliphatic carbocycles. The molecule has 0 aliphatic rings. The molecule has 1 aromatic rings. The van der Waals surface area contributed by atoms with Crippen molar-refractivity contribution in [2.24, 2.45) is 0 Å². The van der Waals surface area contributed by atoms with Crippen molar-refractivity contribution in [1.82, 2.24) is 9.80 Å². The number of carbonyl (C=O) groups is 2. The Balaban J connectivity index is 2.51. The van der Waals surface area contributed by atoms with Crippen molar-refractivity contribution in [2.75, 3.05) is 25.5 Å². The Morgan fingerprint density at radius 3 is 2.00 bits per heavy atom. The molecule has 1 N–H and O–H groups in total. The molecule has 1 rings (SSSR count). The highest BCUT2D eigenvalue weighted by molar-refractivity contribution is 5.92. The zero-order valence-corrected chi connectivity index (χ0v) is 15.1. The molecule has 23 heavy (non-hydrogen) atoms. The van der Waals surface area contributed by atoms with Gasteiger partial charge in [0.1, 0.15) is 0 Å². The van der Waals surface area contributed by atoms with Crippen LogP contribution in [0.1, 0.15) is 33.3 Å². The van der Waals surface area contributed by atoms with Crippen molar-refractivity contribution in [3.8, 4) is 0 Å². The first-order valence-electron chi connectivity index (χ1n) is 8.07. The van der Waals surface area contributed by atoms with Gasteiger partial charge < -0.3 is 10.2 Å². The van der Waals surface area contributed by atoms with Crippen LogP contribution in [-0.4, -0.2) is 53.8 Å². The van der Waals surface area contributed by atoms with Crippen molar-refractivity contribution in [3.63, 3.8) is 0 Å². The third-order valence-electron chi connectivity index (χ3n) is 3.55. The fraction of sp³-hybridized carbons (Fsp3) is 0.556. The van der Waals surface area contributed by atoms with Gasteiger partial charge in [0.05, 0.1) is 13.1 Å². The van der Waals surface area contributed by atoms with Gasteiger partial charge in [0.25, 0.3) is 0 Å². The highest BCUT2D eigenvalue weighted by Crippen LogP contribution is 2.09. The predicted octanol–water partition coefficient (Wildman–Crippen LogP) is 2.51. The maximum Gasteiger partial charge on any atom is 0.238 e. The van der Waals surface area contributed by atoms with Crippen molar-refractivity contribution in [2.45, 2.75) is 46.7 Å². The molecule has 0 saturated heterocycles. The van der Waals surface area contributed by atoms with E-state index in [-0.39, 0.29) is 37.0 Å². The van der Waals surface area contributed by atoms with Gasteiger partial charge in [-0.3, -0.25) is 14.5 Å². The number of rotatable bonds is 7. The van der Waals surface area contributed by atoms with Crippen LogP contribution in [0.25, 0.3) is 0 Å². The Bertz CT molecular complexity index is 516. The summed E-state index contributed by atoms with van der Waals surface area (Å²) in [5, 5.41) is 2.84.